The number of rotatable bonds is 7. The highest BCUT2D eigenvalue weighted by Gasteiger charge is 2.26. The van der Waals surface area contributed by atoms with Crippen LogP contribution in [0.4, 0.5) is 0 Å². The van der Waals surface area contributed by atoms with Crippen LogP contribution in [-0.4, -0.2) is 44.3 Å². The Morgan fingerprint density at radius 2 is 1.81 bits per heavy atom. The number of hydrogen-bond donors (Lipinski definition) is 2. The van der Waals surface area contributed by atoms with E-state index in [1.165, 1.54) is 6.07 Å². The van der Waals surface area contributed by atoms with E-state index in [0.29, 0.717) is 31.1 Å². The predicted octanol–water partition coefficient (Wildman–Crippen LogP) is 2.78. The third-order valence-corrected chi connectivity index (χ3v) is 6.57. The maximum absolute atomic E-state index is 12.9. The monoisotopic (exact) mass is 417 g/mol. The highest BCUT2D eigenvalue weighted by atomic mass is 35.5. The van der Waals surface area contributed by atoms with Crippen molar-refractivity contribution < 1.29 is 13.2 Å². The zero-order chi connectivity index (χ0) is 19.2. The third kappa shape index (κ3) is 6.75. The standard InChI is InChI=1S/C19H31N3O3S.ClH/c1-15(2)12-17(14-20)21-19(23)16-8-7-9-18(13-16)26(24,25)22-10-5-3-4-6-11-22;/h7-9,13,15,17H,3-6,10-12,14,20H2,1-2H3,(H,21,23);1H. The van der Waals surface area contributed by atoms with Gasteiger partial charge in [-0.05, 0) is 43.4 Å². The van der Waals surface area contributed by atoms with Crippen molar-refractivity contribution in [2.75, 3.05) is 19.6 Å². The highest BCUT2D eigenvalue weighted by Crippen LogP contribution is 2.21. The minimum Gasteiger partial charge on any atom is -0.348 e. The molecule has 0 spiro atoms. The summed E-state index contributed by atoms with van der Waals surface area (Å²) in [6.07, 6.45) is 4.67. The molecule has 0 saturated carbocycles. The number of amides is 1. The van der Waals surface area contributed by atoms with Crippen LogP contribution < -0.4 is 11.1 Å². The molecule has 2 rings (SSSR count). The number of benzene rings is 1. The molecule has 154 valence electrons. The molecule has 0 aromatic heterocycles. The van der Waals surface area contributed by atoms with Crippen LogP contribution in [0.2, 0.25) is 0 Å². The Balaban J connectivity index is 0.00000364. The van der Waals surface area contributed by atoms with Gasteiger partial charge in [0.2, 0.25) is 10.0 Å². The van der Waals surface area contributed by atoms with Gasteiger partial charge in [0.15, 0.2) is 0 Å². The lowest BCUT2D eigenvalue weighted by Gasteiger charge is -2.21. The van der Waals surface area contributed by atoms with Crippen LogP contribution in [0.15, 0.2) is 29.2 Å². The normalized spacial score (nSPS) is 17.0. The first-order valence-corrected chi connectivity index (χ1v) is 10.9. The summed E-state index contributed by atoms with van der Waals surface area (Å²) >= 11 is 0. The predicted molar refractivity (Wildman–Crippen MR) is 111 cm³/mol. The van der Waals surface area contributed by atoms with E-state index >= 15 is 0 Å². The number of nitrogens with two attached hydrogens (primary N) is 1. The van der Waals surface area contributed by atoms with Crippen LogP contribution in [-0.2, 0) is 10.0 Å². The Morgan fingerprint density at radius 1 is 1.19 bits per heavy atom. The fourth-order valence-corrected chi connectivity index (χ4v) is 4.84. The lowest BCUT2D eigenvalue weighted by Crippen LogP contribution is -2.41. The fourth-order valence-electron chi connectivity index (χ4n) is 3.28. The summed E-state index contributed by atoms with van der Waals surface area (Å²) in [5.74, 6) is 0.132. The minimum absolute atomic E-state index is 0. The molecular weight excluding hydrogens is 386 g/mol. The van der Waals surface area contributed by atoms with E-state index < -0.39 is 10.0 Å². The first kappa shape index (κ1) is 23.9. The molecule has 1 atom stereocenters. The summed E-state index contributed by atoms with van der Waals surface area (Å²) in [4.78, 5) is 12.7. The van der Waals surface area contributed by atoms with Crippen molar-refractivity contribution in [3.63, 3.8) is 0 Å². The second kappa shape index (κ2) is 11.0. The Bertz CT molecular complexity index is 702. The van der Waals surface area contributed by atoms with Crippen LogP contribution in [0.1, 0.15) is 56.3 Å². The molecule has 1 fully saturated rings. The van der Waals surface area contributed by atoms with Gasteiger partial charge < -0.3 is 11.1 Å². The zero-order valence-electron chi connectivity index (χ0n) is 16.2. The molecule has 1 aromatic rings. The quantitative estimate of drug-likeness (QED) is 0.713. The number of nitrogens with zero attached hydrogens (tertiary/aromatic N) is 1. The van der Waals surface area contributed by atoms with E-state index in [4.69, 9.17) is 5.73 Å². The van der Waals surface area contributed by atoms with Gasteiger partial charge in [0.1, 0.15) is 0 Å². The van der Waals surface area contributed by atoms with Gasteiger partial charge in [-0.3, -0.25) is 4.79 Å². The minimum atomic E-state index is -3.57. The van der Waals surface area contributed by atoms with Crippen LogP contribution in [0.5, 0.6) is 0 Å². The molecule has 6 nitrogen and oxygen atoms in total. The average Bonchev–Trinajstić information content (AvgIpc) is 2.90. The molecular formula is C19H32ClN3O3S. The number of carbonyl (C=O) groups is 1. The number of carbonyl (C=O) groups excluding carboxylic acids is 1. The smallest absolute Gasteiger partial charge is 0.251 e. The summed E-state index contributed by atoms with van der Waals surface area (Å²) < 4.78 is 27.4. The number of halogens is 1. The van der Waals surface area contributed by atoms with Crippen LogP contribution in [0, 0.1) is 5.92 Å². The largest absolute Gasteiger partial charge is 0.348 e. The molecule has 1 unspecified atom stereocenters. The lowest BCUT2D eigenvalue weighted by atomic mass is 10.0. The molecule has 0 aliphatic carbocycles. The van der Waals surface area contributed by atoms with Gasteiger partial charge in [-0.2, -0.15) is 4.31 Å². The molecule has 1 aromatic carbocycles. The van der Waals surface area contributed by atoms with Crippen LogP contribution in [0.25, 0.3) is 0 Å². The van der Waals surface area contributed by atoms with E-state index in [1.54, 1.807) is 22.5 Å². The summed E-state index contributed by atoms with van der Waals surface area (Å²) in [5, 5.41) is 2.91. The zero-order valence-corrected chi connectivity index (χ0v) is 17.8. The highest BCUT2D eigenvalue weighted by molar-refractivity contribution is 7.89. The molecule has 1 aliphatic heterocycles. The maximum atomic E-state index is 12.9. The fraction of sp³-hybridized carbons (Fsp3) is 0.632. The van der Waals surface area contributed by atoms with Crippen molar-refractivity contribution in [2.24, 2.45) is 11.7 Å². The van der Waals surface area contributed by atoms with Gasteiger partial charge in [-0.15, -0.1) is 12.4 Å². The van der Waals surface area contributed by atoms with E-state index in [9.17, 15) is 13.2 Å². The lowest BCUT2D eigenvalue weighted by molar-refractivity contribution is 0.0933. The summed E-state index contributed by atoms with van der Waals surface area (Å²) in [5.41, 5.74) is 6.09. The molecule has 0 bridgehead atoms. The Kier molecular flexibility index (Phi) is 9.73. The van der Waals surface area contributed by atoms with Crippen LogP contribution >= 0.6 is 12.4 Å². The van der Waals surface area contributed by atoms with E-state index in [1.807, 2.05) is 0 Å². The molecule has 3 N–H and O–H groups in total. The van der Waals surface area contributed by atoms with E-state index in [-0.39, 0.29) is 29.3 Å². The van der Waals surface area contributed by atoms with Gasteiger partial charge in [0, 0.05) is 31.2 Å². The topological polar surface area (TPSA) is 92.5 Å². The second-order valence-corrected chi connectivity index (χ2v) is 9.32. The SMILES string of the molecule is CC(C)CC(CN)NC(=O)c1cccc(S(=O)(=O)N2CCCCCC2)c1.Cl. The third-order valence-electron chi connectivity index (χ3n) is 4.67. The number of nitrogens with one attached hydrogen (secondary N) is 1. The van der Waals surface area contributed by atoms with Gasteiger partial charge in [0.05, 0.1) is 4.90 Å². The Labute approximate surface area is 169 Å². The molecule has 0 radical (unpaired) electrons. The molecule has 1 heterocycles. The maximum Gasteiger partial charge on any atom is 0.251 e. The number of sulfonamides is 1. The van der Waals surface area contributed by atoms with Gasteiger partial charge in [-0.1, -0.05) is 32.8 Å². The second-order valence-electron chi connectivity index (χ2n) is 7.38. The molecule has 1 saturated heterocycles. The Morgan fingerprint density at radius 3 is 2.37 bits per heavy atom. The first-order chi connectivity index (χ1) is 12.3. The van der Waals surface area contributed by atoms with Gasteiger partial charge in [-0.25, -0.2) is 8.42 Å². The van der Waals surface area contributed by atoms with Crippen molar-refractivity contribution in [3.05, 3.63) is 29.8 Å². The van der Waals surface area contributed by atoms with Crippen molar-refractivity contribution in [1.29, 1.82) is 0 Å². The summed E-state index contributed by atoms with van der Waals surface area (Å²) in [6.45, 7) is 5.59. The molecule has 1 amide bonds. The summed E-state index contributed by atoms with van der Waals surface area (Å²) in [6, 6.07) is 6.18. The van der Waals surface area contributed by atoms with Crippen LogP contribution in [0.3, 0.4) is 0 Å². The number of hydrogen-bond acceptors (Lipinski definition) is 4. The van der Waals surface area contributed by atoms with Gasteiger partial charge in [0.25, 0.3) is 5.91 Å². The first-order valence-electron chi connectivity index (χ1n) is 9.45. The van der Waals surface area contributed by atoms with Crippen molar-refractivity contribution in [1.82, 2.24) is 9.62 Å². The van der Waals surface area contributed by atoms with Crippen molar-refractivity contribution in [3.8, 4) is 0 Å². The van der Waals surface area contributed by atoms with E-state index in [0.717, 1.165) is 32.1 Å². The summed E-state index contributed by atoms with van der Waals surface area (Å²) in [7, 11) is -3.57. The van der Waals surface area contributed by atoms with E-state index in [2.05, 4.69) is 19.2 Å². The molecule has 1 aliphatic rings. The van der Waals surface area contributed by atoms with Gasteiger partial charge >= 0.3 is 0 Å². The molecule has 8 heteroatoms. The van der Waals surface area contributed by atoms with Crippen molar-refractivity contribution >= 4 is 28.3 Å². The molecule has 27 heavy (non-hydrogen) atoms. The average molecular weight is 418 g/mol. The Hall–Kier alpha value is -1.15. The van der Waals surface area contributed by atoms with Crippen molar-refractivity contribution in [2.45, 2.75) is 56.9 Å².